The Labute approximate surface area is 166 Å². The van der Waals surface area contributed by atoms with Crippen molar-refractivity contribution in [3.8, 4) is 0 Å². The Morgan fingerprint density at radius 3 is 1.74 bits per heavy atom. The van der Waals surface area contributed by atoms with Crippen LogP contribution in [0.4, 0.5) is 0 Å². The van der Waals surface area contributed by atoms with E-state index in [0.29, 0.717) is 0 Å². The van der Waals surface area contributed by atoms with Gasteiger partial charge in [-0.15, -0.1) is 0 Å². The highest BCUT2D eigenvalue weighted by Gasteiger charge is 2.03. The highest BCUT2D eigenvalue weighted by atomic mass is 16.5. The van der Waals surface area contributed by atoms with Crippen LogP contribution in [0.5, 0.6) is 0 Å². The molecule has 2 aromatic rings. The molecule has 0 saturated heterocycles. The normalized spacial score (nSPS) is 10.7. The molecule has 0 saturated carbocycles. The minimum atomic E-state index is 0.805. The average Bonchev–Trinajstić information content (AvgIpc) is 2.73. The largest absolute Gasteiger partial charge is 0.381 e. The summed E-state index contributed by atoms with van der Waals surface area (Å²) < 4.78 is 5.86. The van der Waals surface area contributed by atoms with E-state index in [2.05, 4.69) is 73.7 Å². The van der Waals surface area contributed by atoms with Gasteiger partial charge in [0.1, 0.15) is 0 Å². The maximum Gasteiger partial charge on any atom is 0.0500 e. The van der Waals surface area contributed by atoms with Gasteiger partial charge >= 0.3 is 0 Å². The van der Waals surface area contributed by atoms with E-state index in [1.165, 1.54) is 68.1 Å². The van der Waals surface area contributed by atoms with Crippen molar-refractivity contribution in [1.82, 2.24) is 0 Å². The van der Waals surface area contributed by atoms with Crippen molar-refractivity contribution in [2.24, 2.45) is 0 Å². The number of benzene rings is 2. The highest BCUT2D eigenvalue weighted by Crippen LogP contribution is 2.23. The van der Waals surface area contributed by atoms with Crippen molar-refractivity contribution >= 4 is 5.57 Å². The minimum absolute atomic E-state index is 0.805. The van der Waals surface area contributed by atoms with Gasteiger partial charge in [0.2, 0.25) is 0 Å². The van der Waals surface area contributed by atoms with Crippen molar-refractivity contribution < 1.29 is 4.74 Å². The standard InChI is InChI=1S/C26H36O/c1-2-3-4-5-6-7-8-15-22-27-23-16-21-26(24-17-11-9-12-18-24)25-19-13-10-14-20-25/h9-14,17-21H,2-8,15-16,22-23H2,1H3. The summed E-state index contributed by atoms with van der Waals surface area (Å²) in [6, 6.07) is 21.3. The van der Waals surface area contributed by atoms with Gasteiger partial charge in [0.15, 0.2) is 0 Å². The highest BCUT2D eigenvalue weighted by molar-refractivity contribution is 5.79. The van der Waals surface area contributed by atoms with Gasteiger partial charge in [-0.2, -0.15) is 0 Å². The van der Waals surface area contributed by atoms with Gasteiger partial charge in [0.05, 0.1) is 6.61 Å². The molecule has 2 rings (SSSR count). The molecule has 0 fully saturated rings. The van der Waals surface area contributed by atoms with Crippen molar-refractivity contribution in [2.45, 2.75) is 64.7 Å². The molecule has 0 unspecified atom stereocenters. The lowest BCUT2D eigenvalue weighted by molar-refractivity contribution is 0.134. The zero-order chi connectivity index (χ0) is 19.0. The molecule has 0 heterocycles. The second-order valence-corrected chi connectivity index (χ2v) is 7.23. The number of hydrogen-bond acceptors (Lipinski definition) is 1. The lowest BCUT2D eigenvalue weighted by atomic mass is 9.97. The molecule has 2 aromatic carbocycles. The first-order valence-corrected chi connectivity index (χ1v) is 10.8. The molecule has 0 amide bonds. The topological polar surface area (TPSA) is 9.23 Å². The fourth-order valence-corrected chi connectivity index (χ4v) is 3.36. The zero-order valence-corrected chi connectivity index (χ0v) is 17.0. The van der Waals surface area contributed by atoms with Crippen LogP contribution in [0.2, 0.25) is 0 Å². The number of unbranched alkanes of at least 4 members (excludes halogenated alkanes) is 7. The van der Waals surface area contributed by atoms with Gasteiger partial charge in [-0.05, 0) is 29.5 Å². The fourth-order valence-electron chi connectivity index (χ4n) is 3.36. The van der Waals surface area contributed by atoms with E-state index in [1.54, 1.807) is 0 Å². The van der Waals surface area contributed by atoms with Crippen LogP contribution in [0.25, 0.3) is 5.57 Å². The summed E-state index contributed by atoms with van der Waals surface area (Å²) in [5, 5.41) is 0. The summed E-state index contributed by atoms with van der Waals surface area (Å²) >= 11 is 0. The molecule has 0 N–H and O–H groups in total. The molecule has 1 nitrogen and oxygen atoms in total. The third-order valence-corrected chi connectivity index (χ3v) is 4.92. The van der Waals surface area contributed by atoms with Gasteiger partial charge in [-0.25, -0.2) is 0 Å². The SMILES string of the molecule is CCCCCCCCCCOCCC=C(c1ccccc1)c1ccccc1. The van der Waals surface area contributed by atoms with Gasteiger partial charge in [0.25, 0.3) is 0 Å². The predicted octanol–water partition coefficient (Wildman–Crippen LogP) is 7.67. The molecule has 0 spiro atoms. The number of rotatable bonds is 14. The molecule has 1 heteroatoms. The van der Waals surface area contributed by atoms with Crippen molar-refractivity contribution in [3.63, 3.8) is 0 Å². The Bertz CT molecular complexity index is 574. The van der Waals surface area contributed by atoms with Crippen LogP contribution in [-0.2, 0) is 4.74 Å². The third kappa shape index (κ3) is 9.06. The molecule has 0 aliphatic carbocycles. The second kappa shape index (κ2) is 14.2. The summed E-state index contributed by atoms with van der Waals surface area (Å²) in [6.07, 6.45) is 14.1. The van der Waals surface area contributed by atoms with Crippen molar-refractivity contribution in [2.75, 3.05) is 13.2 Å². The van der Waals surface area contributed by atoms with Gasteiger partial charge in [-0.1, -0.05) is 119 Å². The van der Waals surface area contributed by atoms with E-state index in [4.69, 9.17) is 4.74 Å². The quantitative estimate of drug-likeness (QED) is 0.312. The summed E-state index contributed by atoms with van der Waals surface area (Å²) in [6.45, 7) is 3.98. The Balaban J connectivity index is 1.67. The Hall–Kier alpha value is -1.86. The van der Waals surface area contributed by atoms with Gasteiger partial charge in [-0.3, -0.25) is 0 Å². The summed E-state index contributed by atoms with van der Waals surface area (Å²) in [5.74, 6) is 0. The molecule has 27 heavy (non-hydrogen) atoms. The van der Waals surface area contributed by atoms with Gasteiger partial charge < -0.3 is 4.74 Å². The van der Waals surface area contributed by atoms with Crippen LogP contribution in [0.15, 0.2) is 66.7 Å². The Morgan fingerprint density at radius 1 is 0.667 bits per heavy atom. The van der Waals surface area contributed by atoms with E-state index in [1.807, 2.05) is 0 Å². The second-order valence-electron chi connectivity index (χ2n) is 7.23. The van der Waals surface area contributed by atoms with E-state index in [0.717, 1.165) is 19.6 Å². The number of ether oxygens (including phenoxy) is 1. The van der Waals surface area contributed by atoms with Crippen LogP contribution in [0.3, 0.4) is 0 Å². The molecular formula is C26H36O. The first-order valence-electron chi connectivity index (χ1n) is 10.8. The van der Waals surface area contributed by atoms with Crippen molar-refractivity contribution in [3.05, 3.63) is 77.9 Å². The van der Waals surface area contributed by atoms with Crippen molar-refractivity contribution in [1.29, 1.82) is 0 Å². The predicted molar refractivity (Wildman–Crippen MR) is 118 cm³/mol. The lowest BCUT2D eigenvalue weighted by Crippen LogP contribution is -1.97. The molecule has 0 bridgehead atoms. The zero-order valence-electron chi connectivity index (χ0n) is 17.0. The maximum atomic E-state index is 5.86. The maximum absolute atomic E-state index is 5.86. The molecule has 0 atom stereocenters. The Morgan fingerprint density at radius 2 is 1.19 bits per heavy atom. The van der Waals surface area contributed by atoms with E-state index in [9.17, 15) is 0 Å². The summed E-state index contributed by atoms with van der Waals surface area (Å²) in [5.41, 5.74) is 3.84. The summed E-state index contributed by atoms with van der Waals surface area (Å²) in [7, 11) is 0. The Kier molecular flexibility index (Phi) is 11.3. The number of hydrogen-bond donors (Lipinski definition) is 0. The van der Waals surface area contributed by atoms with Gasteiger partial charge in [0, 0.05) is 6.61 Å². The molecule has 146 valence electrons. The molecule has 0 aliphatic rings. The minimum Gasteiger partial charge on any atom is -0.381 e. The molecular weight excluding hydrogens is 328 g/mol. The fraction of sp³-hybridized carbons (Fsp3) is 0.462. The molecule has 0 aliphatic heterocycles. The molecule has 0 radical (unpaired) electrons. The van der Waals surface area contributed by atoms with Crippen LogP contribution in [0.1, 0.15) is 75.8 Å². The first-order chi connectivity index (χ1) is 13.4. The van der Waals surface area contributed by atoms with E-state index < -0.39 is 0 Å². The van der Waals surface area contributed by atoms with Crippen LogP contribution < -0.4 is 0 Å². The molecule has 0 aromatic heterocycles. The van der Waals surface area contributed by atoms with Crippen LogP contribution in [0, 0.1) is 0 Å². The monoisotopic (exact) mass is 364 g/mol. The third-order valence-electron chi connectivity index (χ3n) is 4.92. The first kappa shape index (κ1) is 21.4. The lowest BCUT2D eigenvalue weighted by Gasteiger charge is -2.09. The average molecular weight is 365 g/mol. The van der Waals surface area contributed by atoms with E-state index in [-0.39, 0.29) is 0 Å². The smallest absolute Gasteiger partial charge is 0.0500 e. The van der Waals surface area contributed by atoms with E-state index >= 15 is 0 Å². The summed E-state index contributed by atoms with van der Waals surface area (Å²) in [4.78, 5) is 0. The van der Waals surface area contributed by atoms with Crippen LogP contribution >= 0.6 is 0 Å². The van der Waals surface area contributed by atoms with Crippen LogP contribution in [-0.4, -0.2) is 13.2 Å².